The highest BCUT2D eigenvalue weighted by Crippen LogP contribution is 2.22. The van der Waals surface area contributed by atoms with E-state index in [1.807, 2.05) is 19.1 Å². The first-order valence-electron chi connectivity index (χ1n) is 7.28. The van der Waals surface area contributed by atoms with Crippen molar-refractivity contribution in [2.45, 2.75) is 25.8 Å². The fourth-order valence-electron chi connectivity index (χ4n) is 2.43. The number of hydrogen-bond acceptors (Lipinski definition) is 2. The molecule has 21 heavy (non-hydrogen) atoms. The summed E-state index contributed by atoms with van der Waals surface area (Å²) >= 11 is 0. The molecule has 0 aliphatic carbocycles. The van der Waals surface area contributed by atoms with E-state index in [2.05, 4.69) is 35.6 Å². The van der Waals surface area contributed by atoms with Gasteiger partial charge < -0.3 is 10.1 Å². The van der Waals surface area contributed by atoms with Gasteiger partial charge in [-0.3, -0.25) is 0 Å². The monoisotopic (exact) mass is 293 g/mol. The third-order valence-corrected chi connectivity index (χ3v) is 3.42. The topological polar surface area (TPSA) is 21.3 Å². The Bertz CT molecular complexity index is 559. The fourth-order valence-corrected chi connectivity index (χ4v) is 2.43. The van der Waals surface area contributed by atoms with Gasteiger partial charge in [-0.15, -0.1) is 0 Å². The van der Waals surface area contributed by atoms with Gasteiger partial charge in [0.1, 0.15) is 6.61 Å². The molecule has 0 aromatic heterocycles. The van der Waals surface area contributed by atoms with E-state index in [-0.39, 0.29) is 6.04 Å². The van der Waals surface area contributed by atoms with E-state index in [9.17, 15) is 8.78 Å². The zero-order valence-corrected chi connectivity index (χ0v) is 12.2. The van der Waals surface area contributed by atoms with Crippen molar-refractivity contribution in [2.24, 2.45) is 0 Å². The predicted octanol–water partition coefficient (Wildman–Crippen LogP) is 4.16. The van der Waals surface area contributed by atoms with Gasteiger partial charge in [0.2, 0.25) is 0 Å². The van der Waals surface area contributed by atoms with Crippen LogP contribution in [-0.4, -0.2) is 26.2 Å². The van der Waals surface area contributed by atoms with Gasteiger partial charge >= 0.3 is 0 Å². The molecule has 2 rings (SSSR count). The molecule has 0 aliphatic heterocycles. The van der Waals surface area contributed by atoms with Gasteiger partial charge in [0, 0.05) is 12.6 Å². The van der Waals surface area contributed by atoms with Crippen LogP contribution in [-0.2, 0) is 4.74 Å². The van der Waals surface area contributed by atoms with Crippen LogP contribution in [0.2, 0.25) is 0 Å². The van der Waals surface area contributed by atoms with Crippen molar-refractivity contribution in [3.63, 3.8) is 0 Å². The molecule has 0 saturated carbocycles. The smallest absolute Gasteiger partial charge is 0.261 e. The average Bonchev–Trinajstić information content (AvgIpc) is 2.49. The van der Waals surface area contributed by atoms with Gasteiger partial charge in [-0.05, 0) is 35.4 Å². The molecule has 1 N–H and O–H groups in total. The van der Waals surface area contributed by atoms with Crippen molar-refractivity contribution in [3.05, 3.63) is 48.0 Å². The standard InChI is InChI=1S/C17H21F2NO/c1-2-20-16(9-10-21-12-17(18)19)15-8-7-13-5-3-4-6-14(13)11-15/h3-8,11,16-17,20H,2,9-10,12H2,1H3. The van der Waals surface area contributed by atoms with Crippen molar-refractivity contribution < 1.29 is 13.5 Å². The van der Waals surface area contributed by atoms with E-state index in [0.29, 0.717) is 13.0 Å². The molecule has 0 heterocycles. The van der Waals surface area contributed by atoms with Crippen molar-refractivity contribution in [2.75, 3.05) is 19.8 Å². The number of rotatable bonds is 8. The lowest BCUT2D eigenvalue weighted by Crippen LogP contribution is -2.22. The van der Waals surface area contributed by atoms with E-state index in [0.717, 1.165) is 12.1 Å². The Balaban J connectivity index is 2.04. The van der Waals surface area contributed by atoms with E-state index in [1.54, 1.807) is 0 Å². The molecule has 114 valence electrons. The Hall–Kier alpha value is -1.52. The zero-order valence-electron chi connectivity index (χ0n) is 12.2. The van der Waals surface area contributed by atoms with E-state index in [1.165, 1.54) is 10.8 Å². The summed E-state index contributed by atoms with van der Waals surface area (Å²) in [6, 6.07) is 14.6. The Kier molecular flexibility index (Phi) is 6.08. The highest BCUT2D eigenvalue weighted by molar-refractivity contribution is 5.83. The van der Waals surface area contributed by atoms with E-state index >= 15 is 0 Å². The molecular weight excluding hydrogens is 272 g/mol. The molecule has 1 atom stereocenters. The van der Waals surface area contributed by atoms with Crippen LogP contribution in [0.1, 0.15) is 24.9 Å². The second kappa shape index (κ2) is 8.05. The zero-order chi connectivity index (χ0) is 15.1. The minimum atomic E-state index is -2.40. The third-order valence-electron chi connectivity index (χ3n) is 3.42. The van der Waals surface area contributed by atoms with Gasteiger partial charge in [-0.1, -0.05) is 43.3 Å². The number of benzene rings is 2. The molecule has 0 radical (unpaired) electrons. The van der Waals surface area contributed by atoms with Crippen molar-refractivity contribution in [3.8, 4) is 0 Å². The second-order valence-corrected chi connectivity index (χ2v) is 4.97. The lowest BCUT2D eigenvalue weighted by Gasteiger charge is -2.19. The SMILES string of the molecule is CCNC(CCOCC(F)F)c1ccc2ccccc2c1. The van der Waals surface area contributed by atoms with E-state index < -0.39 is 13.0 Å². The highest BCUT2D eigenvalue weighted by atomic mass is 19.3. The molecule has 0 fully saturated rings. The van der Waals surface area contributed by atoms with Gasteiger partial charge in [0.15, 0.2) is 0 Å². The lowest BCUT2D eigenvalue weighted by molar-refractivity contribution is 0.0144. The molecule has 0 aliphatic rings. The Labute approximate surface area is 124 Å². The first-order valence-corrected chi connectivity index (χ1v) is 7.28. The molecule has 0 amide bonds. The number of nitrogens with one attached hydrogen (secondary N) is 1. The summed E-state index contributed by atoms with van der Waals surface area (Å²) in [5.74, 6) is 0. The summed E-state index contributed by atoms with van der Waals surface area (Å²) in [5.41, 5.74) is 1.16. The number of halogens is 2. The largest absolute Gasteiger partial charge is 0.375 e. The predicted molar refractivity (Wildman–Crippen MR) is 81.8 cm³/mol. The average molecular weight is 293 g/mol. The maximum absolute atomic E-state index is 12.1. The summed E-state index contributed by atoms with van der Waals surface area (Å²) < 4.78 is 29.1. The number of ether oxygens (including phenoxy) is 1. The normalized spacial score (nSPS) is 13.0. The van der Waals surface area contributed by atoms with Crippen molar-refractivity contribution in [1.82, 2.24) is 5.32 Å². The van der Waals surface area contributed by atoms with Crippen molar-refractivity contribution >= 4 is 10.8 Å². The quantitative estimate of drug-likeness (QED) is 0.738. The number of fused-ring (bicyclic) bond motifs is 1. The van der Waals surface area contributed by atoms with Gasteiger partial charge in [0.05, 0.1) is 0 Å². The molecule has 2 nitrogen and oxygen atoms in total. The first-order chi connectivity index (χ1) is 10.2. The van der Waals surface area contributed by atoms with Gasteiger partial charge in [-0.25, -0.2) is 8.78 Å². The molecule has 0 bridgehead atoms. The maximum Gasteiger partial charge on any atom is 0.261 e. The van der Waals surface area contributed by atoms with Crippen LogP contribution < -0.4 is 5.32 Å². The van der Waals surface area contributed by atoms with Gasteiger partial charge in [-0.2, -0.15) is 0 Å². The molecule has 0 spiro atoms. The number of alkyl halides is 2. The lowest BCUT2D eigenvalue weighted by atomic mass is 10.00. The fraction of sp³-hybridized carbons (Fsp3) is 0.412. The van der Waals surface area contributed by atoms with Crippen molar-refractivity contribution in [1.29, 1.82) is 0 Å². The maximum atomic E-state index is 12.1. The van der Waals surface area contributed by atoms with E-state index in [4.69, 9.17) is 4.74 Å². The van der Waals surface area contributed by atoms with Crippen LogP contribution in [0, 0.1) is 0 Å². The first kappa shape index (κ1) is 15.9. The van der Waals surface area contributed by atoms with Crippen LogP contribution in [0.25, 0.3) is 10.8 Å². The summed E-state index contributed by atoms with van der Waals surface area (Å²) in [6.45, 7) is 2.70. The summed E-state index contributed by atoms with van der Waals surface area (Å²) in [4.78, 5) is 0. The van der Waals surface area contributed by atoms with Gasteiger partial charge in [0.25, 0.3) is 6.43 Å². The molecule has 1 unspecified atom stereocenters. The van der Waals surface area contributed by atoms with Crippen LogP contribution in [0.4, 0.5) is 8.78 Å². The molecular formula is C17H21F2NO. The Morgan fingerprint density at radius 1 is 1.10 bits per heavy atom. The highest BCUT2D eigenvalue weighted by Gasteiger charge is 2.11. The molecule has 2 aromatic carbocycles. The summed E-state index contributed by atoms with van der Waals surface area (Å²) in [7, 11) is 0. The molecule has 4 heteroatoms. The van der Waals surface area contributed by atoms with Crippen LogP contribution >= 0.6 is 0 Å². The Morgan fingerprint density at radius 2 is 1.86 bits per heavy atom. The second-order valence-electron chi connectivity index (χ2n) is 4.97. The van der Waals surface area contributed by atoms with Crippen LogP contribution in [0.15, 0.2) is 42.5 Å². The third kappa shape index (κ3) is 4.76. The summed E-state index contributed by atoms with van der Waals surface area (Å²) in [6.07, 6.45) is -1.72. The number of hydrogen-bond donors (Lipinski definition) is 1. The Morgan fingerprint density at radius 3 is 2.57 bits per heavy atom. The van der Waals surface area contributed by atoms with Crippen LogP contribution in [0.3, 0.4) is 0 Å². The molecule has 2 aromatic rings. The minimum Gasteiger partial charge on any atom is -0.375 e. The minimum absolute atomic E-state index is 0.122. The van der Waals surface area contributed by atoms with Crippen LogP contribution in [0.5, 0.6) is 0 Å². The summed E-state index contributed by atoms with van der Waals surface area (Å²) in [5, 5.41) is 5.77. The molecule has 0 saturated heterocycles.